The molecule has 0 atom stereocenters. The average Bonchev–Trinajstić information content (AvgIpc) is 2.83. The number of carbonyl (C=O) groups is 2. The van der Waals surface area contributed by atoms with E-state index in [9.17, 15) is 14.7 Å². The maximum Gasteiger partial charge on any atom is 0.338 e. The second-order valence-electron chi connectivity index (χ2n) is 3.98. The molecule has 6 nitrogen and oxygen atoms in total. The van der Waals surface area contributed by atoms with Crippen LogP contribution in [0.3, 0.4) is 0 Å². The number of amides is 2. The van der Waals surface area contributed by atoms with Crippen molar-refractivity contribution in [2.45, 2.75) is 0 Å². The van der Waals surface area contributed by atoms with E-state index in [2.05, 4.69) is 10.6 Å². The lowest BCUT2D eigenvalue weighted by atomic mass is 10.1. The number of thiophene rings is 1. The third-order valence-corrected chi connectivity index (χ3v) is 3.71. The number of nitrogen functional groups attached to an aromatic ring is 1. The Morgan fingerprint density at radius 3 is 2.45 bits per heavy atom. The summed E-state index contributed by atoms with van der Waals surface area (Å²) in [5, 5.41) is 14.4. The molecule has 0 aliphatic heterocycles. The molecule has 0 unspecified atom stereocenters. The number of hydrogen-bond donors (Lipinski definition) is 4. The predicted molar refractivity (Wildman–Crippen MR) is 79.2 cm³/mol. The first-order chi connectivity index (χ1) is 9.51. The second kappa shape index (κ2) is 5.62. The second-order valence-corrected chi connectivity index (χ2v) is 5.04. The third kappa shape index (κ3) is 2.89. The smallest absolute Gasteiger partial charge is 0.338 e. The normalized spacial score (nSPS) is 10.1. The van der Waals surface area contributed by atoms with Crippen LogP contribution in [-0.2, 0) is 0 Å². The van der Waals surface area contributed by atoms with Gasteiger partial charge in [0.2, 0.25) is 0 Å². The van der Waals surface area contributed by atoms with Crippen molar-refractivity contribution in [3.8, 4) is 10.4 Å². The molecule has 7 heteroatoms. The highest BCUT2D eigenvalue weighted by molar-refractivity contribution is 7.20. The number of nitrogens with two attached hydrogens (primary N) is 1. The number of carbonyl (C=O) groups excluding carboxylic acids is 1. The molecule has 5 N–H and O–H groups in total. The van der Waals surface area contributed by atoms with Gasteiger partial charge in [0.05, 0.1) is 5.56 Å². The Morgan fingerprint density at radius 2 is 1.90 bits per heavy atom. The van der Waals surface area contributed by atoms with Gasteiger partial charge in [-0.15, -0.1) is 11.3 Å². The number of anilines is 2. The third-order valence-electron chi connectivity index (χ3n) is 2.61. The standard InChI is InChI=1S/C13H13N3O3S/c1-15-13(19)16-11-9(12(17)18)6-10(20-11)7-2-4-8(14)5-3-7/h2-6H,14H2,1H3,(H,17,18)(H2,15,16,19). The Kier molecular flexibility index (Phi) is 3.90. The highest BCUT2D eigenvalue weighted by Gasteiger charge is 2.17. The Hall–Kier alpha value is -2.54. The van der Waals surface area contributed by atoms with E-state index in [0.717, 1.165) is 10.4 Å². The minimum atomic E-state index is -1.09. The van der Waals surface area contributed by atoms with Crippen LogP contribution in [0.5, 0.6) is 0 Å². The molecule has 1 aromatic carbocycles. The molecule has 20 heavy (non-hydrogen) atoms. The van der Waals surface area contributed by atoms with Crippen molar-refractivity contribution in [2.75, 3.05) is 18.1 Å². The van der Waals surface area contributed by atoms with Crippen LogP contribution >= 0.6 is 11.3 Å². The first kappa shape index (κ1) is 13.9. The van der Waals surface area contributed by atoms with Crippen LogP contribution in [-0.4, -0.2) is 24.2 Å². The van der Waals surface area contributed by atoms with E-state index in [1.807, 2.05) is 0 Å². The summed E-state index contributed by atoms with van der Waals surface area (Å²) < 4.78 is 0. The van der Waals surface area contributed by atoms with Crippen LogP contribution < -0.4 is 16.4 Å². The van der Waals surface area contributed by atoms with Gasteiger partial charge in [-0.3, -0.25) is 5.32 Å². The van der Waals surface area contributed by atoms with Gasteiger partial charge in [0, 0.05) is 17.6 Å². The van der Waals surface area contributed by atoms with Crippen molar-refractivity contribution in [3.63, 3.8) is 0 Å². The van der Waals surface area contributed by atoms with Crippen LogP contribution in [0.25, 0.3) is 10.4 Å². The summed E-state index contributed by atoms with van der Waals surface area (Å²) in [5.74, 6) is -1.09. The van der Waals surface area contributed by atoms with Gasteiger partial charge in [0.25, 0.3) is 0 Å². The van der Waals surface area contributed by atoms with Gasteiger partial charge < -0.3 is 16.2 Å². The number of rotatable bonds is 3. The van der Waals surface area contributed by atoms with Crippen molar-refractivity contribution >= 4 is 34.0 Å². The van der Waals surface area contributed by atoms with E-state index in [0.29, 0.717) is 10.7 Å². The van der Waals surface area contributed by atoms with E-state index in [4.69, 9.17) is 5.73 Å². The van der Waals surface area contributed by atoms with Gasteiger partial charge in [-0.05, 0) is 23.8 Å². The van der Waals surface area contributed by atoms with Crippen LogP contribution in [0.4, 0.5) is 15.5 Å². The van der Waals surface area contributed by atoms with Crippen LogP contribution in [0.15, 0.2) is 30.3 Å². The zero-order valence-electron chi connectivity index (χ0n) is 10.6. The SMILES string of the molecule is CNC(=O)Nc1sc(-c2ccc(N)cc2)cc1C(=O)O. The molecule has 1 heterocycles. The summed E-state index contributed by atoms with van der Waals surface area (Å²) in [6, 6.07) is 8.15. The molecule has 0 saturated heterocycles. The highest BCUT2D eigenvalue weighted by atomic mass is 32.1. The summed E-state index contributed by atoms with van der Waals surface area (Å²) in [7, 11) is 1.46. The largest absolute Gasteiger partial charge is 0.478 e. The molecule has 0 spiro atoms. The lowest BCUT2D eigenvalue weighted by Gasteiger charge is -2.02. The predicted octanol–water partition coefficient (Wildman–Crippen LogP) is 2.45. The average molecular weight is 291 g/mol. The molecule has 0 radical (unpaired) electrons. The number of aromatic carboxylic acids is 1. The van der Waals surface area contributed by atoms with Gasteiger partial charge in [-0.25, -0.2) is 9.59 Å². The molecule has 0 bridgehead atoms. The minimum Gasteiger partial charge on any atom is -0.478 e. The monoisotopic (exact) mass is 291 g/mol. The summed E-state index contributed by atoms with van der Waals surface area (Å²) >= 11 is 1.20. The molecule has 0 aliphatic rings. The number of urea groups is 1. The van der Waals surface area contributed by atoms with E-state index in [1.54, 1.807) is 24.3 Å². The van der Waals surface area contributed by atoms with Crippen LogP contribution in [0, 0.1) is 0 Å². The summed E-state index contributed by atoms with van der Waals surface area (Å²) in [5.41, 5.74) is 7.15. The maximum atomic E-state index is 11.3. The molecule has 1 aromatic heterocycles. The number of carboxylic acids is 1. The Labute approximate surface area is 119 Å². The van der Waals surface area contributed by atoms with Crippen molar-refractivity contribution in [1.82, 2.24) is 5.32 Å². The van der Waals surface area contributed by atoms with Crippen molar-refractivity contribution in [2.24, 2.45) is 0 Å². The Morgan fingerprint density at radius 1 is 1.25 bits per heavy atom. The van der Waals surface area contributed by atoms with Crippen LogP contribution in [0.1, 0.15) is 10.4 Å². The number of benzene rings is 1. The van der Waals surface area contributed by atoms with E-state index in [1.165, 1.54) is 24.5 Å². The Bertz CT molecular complexity index is 649. The van der Waals surface area contributed by atoms with Gasteiger partial charge in [0.15, 0.2) is 0 Å². The van der Waals surface area contributed by atoms with Crippen LogP contribution in [0.2, 0.25) is 0 Å². The molecule has 2 rings (SSSR count). The highest BCUT2D eigenvalue weighted by Crippen LogP contribution is 2.35. The molecule has 0 fully saturated rings. The molecule has 2 amide bonds. The minimum absolute atomic E-state index is 0.0606. The molecule has 0 saturated carbocycles. The molecule has 2 aromatic rings. The zero-order valence-corrected chi connectivity index (χ0v) is 11.5. The number of nitrogens with one attached hydrogen (secondary N) is 2. The fourth-order valence-corrected chi connectivity index (χ4v) is 2.65. The molecule has 0 aliphatic carbocycles. The summed E-state index contributed by atoms with van der Waals surface area (Å²) in [6.45, 7) is 0. The van der Waals surface area contributed by atoms with Crippen molar-refractivity contribution in [3.05, 3.63) is 35.9 Å². The van der Waals surface area contributed by atoms with Crippen molar-refractivity contribution < 1.29 is 14.7 Å². The first-order valence-corrected chi connectivity index (χ1v) is 6.54. The number of carboxylic acid groups (broad SMARTS) is 1. The summed E-state index contributed by atoms with van der Waals surface area (Å²) in [4.78, 5) is 23.3. The van der Waals surface area contributed by atoms with Gasteiger partial charge >= 0.3 is 12.0 Å². The van der Waals surface area contributed by atoms with E-state index < -0.39 is 12.0 Å². The summed E-state index contributed by atoms with van der Waals surface area (Å²) in [6.07, 6.45) is 0. The lowest BCUT2D eigenvalue weighted by molar-refractivity contribution is 0.0698. The van der Waals surface area contributed by atoms with E-state index in [-0.39, 0.29) is 5.56 Å². The van der Waals surface area contributed by atoms with Gasteiger partial charge in [-0.2, -0.15) is 0 Å². The maximum absolute atomic E-state index is 11.3. The van der Waals surface area contributed by atoms with Crippen molar-refractivity contribution in [1.29, 1.82) is 0 Å². The van der Waals surface area contributed by atoms with Gasteiger partial charge in [0.1, 0.15) is 5.00 Å². The quantitative estimate of drug-likeness (QED) is 0.652. The number of hydrogen-bond acceptors (Lipinski definition) is 4. The molecular formula is C13H13N3O3S. The molecule has 104 valence electrons. The zero-order chi connectivity index (χ0) is 14.7. The topological polar surface area (TPSA) is 104 Å². The fraction of sp³-hybridized carbons (Fsp3) is 0.0769. The van der Waals surface area contributed by atoms with E-state index >= 15 is 0 Å². The lowest BCUT2D eigenvalue weighted by Crippen LogP contribution is -2.24. The van der Waals surface area contributed by atoms with Gasteiger partial charge in [-0.1, -0.05) is 12.1 Å². The fourth-order valence-electron chi connectivity index (χ4n) is 1.60. The molecular weight excluding hydrogens is 278 g/mol. The first-order valence-electron chi connectivity index (χ1n) is 5.73. The Balaban J connectivity index is 2.40.